The summed E-state index contributed by atoms with van der Waals surface area (Å²) in [7, 11) is 1.47. The lowest BCUT2D eigenvalue weighted by Gasteiger charge is -2.43. The Morgan fingerprint density at radius 1 is 1.33 bits per heavy atom. The maximum absolute atomic E-state index is 14.5. The number of hydrogen-bond acceptors (Lipinski definition) is 6. The third kappa shape index (κ3) is 6.48. The molecule has 2 unspecified atom stereocenters. The zero-order valence-corrected chi connectivity index (χ0v) is 20.1. The van der Waals surface area contributed by atoms with Crippen molar-refractivity contribution in [3.05, 3.63) is 58.6 Å². The van der Waals surface area contributed by atoms with Crippen LogP contribution in [0.5, 0.6) is 0 Å². The summed E-state index contributed by atoms with van der Waals surface area (Å²) in [6.45, 7) is 0.613. The second-order valence-electron chi connectivity index (χ2n) is 8.43. The minimum Gasteiger partial charge on any atom is -0.394 e. The van der Waals surface area contributed by atoms with E-state index in [-0.39, 0.29) is 23.6 Å². The van der Waals surface area contributed by atoms with Crippen molar-refractivity contribution in [3.8, 4) is 0 Å². The number of piperidine rings is 1. The van der Waals surface area contributed by atoms with Crippen LogP contribution in [0.3, 0.4) is 0 Å². The average molecular weight is 531 g/mol. The van der Waals surface area contributed by atoms with Gasteiger partial charge < -0.3 is 16.0 Å². The average Bonchev–Trinajstić information content (AvgIpc) is 2.80. The van der Waals surface area contributed by atoms with Crippen molar-refractivity contribution < 1.29 is 26.7 Å². The molecule has 1 saturated heterocycles. The third-order valence-electron chi connectivity index (χ3n) is 5.69. The van der Waals surface area contributed by atoms with Crippen LogP contribution in [0.1, 0.15) is 24.6 Å². The van der Waals surface area contributed by atoms with Crippen molar-refractivity contribution in [1.29, 1.82) is 0 Å². The van der Waals surface area contributed by atoms with E-state index in [0.29, 0.717) is 16.8 Å². The second kappa shape index (κ2) is 10.8. The highest BCUT2D eigenvalue weighted by Crippen LogP contribution is 2.35. The normalized spacial score (nSPS) is 20.8. The Kier molecular flexibility index (Phi) is 8.17. The SMILES string of the molecule is CN=CC(=C(N)C(=O)N1CC(F)(F)CC(C)C1CNc1cnc(C(F)(F)F)cn1)c1cccc(Cl)c1. The lowest BCUT2D eigenvalue weighted by molar-refractivity contribution is -0.148. The van der Waals surface area contributed by atoms with Crippen LogP contribution in [-0.4, -0.2) is 59.1 Å². The summed E-state index contributed by atoms with van der Waals surface area (Å²) in [6.07, 6.45) is -2.34. The highest BCUT2D eigenvalue weighted by molar-refractivity contribution is 6.31. The molecule has 1 aliphatic rings. The van der Waals surface area contributed by atoms with Crippen molar-refractivity contribution in [2.75, 3.05) is 25.5 Å². The first kappa shape index (κ1) is 27.3. The Hall–Kier alpha value is -3.28. The fourth-order valence-electron chi connectivity index (χ4n) is 4.01. The first-order valence-corrected chi connectivity index (χ1v) is 11.2. The number of nitrogens with zero attached hydrogens (tertiary/aromatic N) is 4. The third-order valence-corrected chi connectivity index (χ3v) is 5.92. The lowest BCUT2D eigenvalue weighted by atomic mass is 9.88. The quantitative estimate of drug-likeness (QED) is 0.326. The molecule has 0 saturated carbocycles. The molecule has 7 nitrogen and oxygen atoms in total. The fraction of sp³-hybridized carbons (Fsp3) is 0.391. The van der Waals surface area contributed by atoms with Crippen molar-refractivity contribution >= 4 is 35.1 Å². The maximum atomic E-state index is 14.5. The standard InChI is InChI=1S/C23H24ClF5N6O/c1-13-7-22(25,26)12-35(17(13)9-33-19-11-32-18(10-34-19)23(27,28)29)21(36)20(30)16(8-31-2)14-4-3-5-15(24)6-14/h3-6,8,10-11,13,17H,7,9,12,30H2,1-2H3,(H,33,34). The molecule has 13 heteroatoms. The molecule has 1 amide bonds. The van der Waals surface area contributed by atoms with Gasteiger partial charge in [0.15, 0.2) is 5.69 Å². The van der Waals surface area contributed by atoms with Gasteiger partial charge in [-0.3, -0.25) is 9.79 Å². The number of carbonyl (C=O) groups excluding carboxylic acids is 1. The van der Waals surface area contributed by atoms with Crippen molar-refractivity contribution in [3.63, 3.8) is 0 Å². The van der Waals surface area contributed by atoms with Gasteiger partial charge in [0.2, 0.25) is 0 Å². The summed E-state index contributed by atoms with van der Waals surface area (Å²) < 4.78 is 67.2. The van der Waals surface area contributed by atoms with Crippen LogP contribution in [0.15, 0.2) is 47.3 Å². The molecule has 1 aromatic carbocycles. The highest BCUT2D eigenvalue weighted by atomic mass is 35.5. The van der Waals surface area contributed by atoms with E-state index in [4.69, 9.17) is 17.3 Å². The van der Waals surface area contributed by atoms with Crippen LogP contribution in [0.2, 0.25) is 5.02 Å². The van der Waals surface area contributed by atoms with Crippen LogP contribution in [0.4, 0.5) is 27.8 Å². The first-order valence-electron chi connectivity index (χ1n) is 10.8. The van der Waals surface area contributed by atoms with Crippen LogP contribution in [0, 0.1) is 5.92 Å². The fourth-order valence-corrected chi connectivity index (χ4v) is 4.20. The lowest BCUT2D eigenvalue weighted by Crippen LogP contribution is -2.58. The molecule has 1 aliphatic heterocycles. The van der Waals surface area contributed by atoms with E-state index < -0.39 is 48.6 Å². The molecule has 2 atom stereocenters. The molecule has 36 heavy (non-hydrogen) atoms. The molecule has 1 aromatic heterocycles. The van der Waals surface area contributed by atoms with Gasteiger partial charge in [0.05, 0.1) is 25.0 Å². The van der Waals surface area contributed by atoms with Gasteiger partial charge in [-0.25, -0.2) is 18.7 Å². The number of aromatic nitrogens is 2. The number of hydrogen-bond donors (Lipinski definition) is 2. The number of likely N-dealkylation sites (tertiary alicyclic amines) is 1. The van der Waals surface area contributed by atoms with E-state index in [2.05, 4.69) is 20.3 Å². The molecule has 0 aliphatic carbocycles. The van der Waals surface area contributed by atoms with E-state index >= 15 is 0 Å². The van der Waals surface area contributed by atoms with Crippen LogP contribution >= 0.6 is 11.6 Å². The van der Waals surface area contributed by atoms with Crippen LogP contribution in [0.25, 0.3) is 5.57 Å². The van der Waals surface area contributed by atoms with Crippen molar-refractivity contribution in [2.24, 2.45) is 16.6 Å². The number of amides is 1. The molecule has 3 rings (SSSR count). The first-order chi connectivity index (χ1) is 16.8. The number of nitrogens with two attached hydrogens (primary N) is 1. The minimum atomic E-state index is -4.65. The number of anilines is 1. The zero-order valence-electron chi connectivity index (χ0n) is 19.4. The summed E-state index contributed by atoms with van der Waals surface area (Å²) >= 11 is 6.05. The smallest absolute Gasteiger partial charge is 0.394 e. The summed E-state index contributed by atoms with van der Waals surface area (Å²) in [6, 6.07) is 5.72. The molecular formula is C23H24ClF5N6O. The second-order valence-corrected chi connectivity index (χ2v) is 8.86. The topological polar surface area (TPSA) is 96.5 Å². The largest absolute Gasteiger partial charge is 0.434 e. The number of rotatable bonds is 6. The Morgan fingerprint density at radius 2 is 2.06 bits per heavy atom. The monoisotopic (exact) mass is 530 g/mol. The van der Waals surface area contributed by atoms with Gasteiger partial charge in [0.1, 0.15) is 11.5 Å². The molecular weight excluding hydrogens is 507 g/mol. The molecule has 194 valence electrons. The van der Waals surface area contributed by atoms with Crippen LogP contribution in [-0.2, 0) is 11.0 Å². The van der Waals surface area contributed by atoms with E-state index in [1.54, 1.807) is 31.2 Å². The van der Waals surface area contributed by atoms with Gasteiger partial charge >= 0.3 is 6.18 Å². The summed E-state index contributed by atoms with van der Waals surface area (Å²) in [5, 5.41) is 3.17. The summed E-state index contributed by atoms with van der Waals surface area (Å²) in [5.74, 6) is -4.66. The predicted molar refractivity (Wildman–Crippen MR) is 127 cm³/mol. The number of halogens is 6. The summed E-state index contributed by atoms with van der Waals surface area (Å²) in [4.78, 5) is 25.3. The zero-order chi connectivity index (χ0) is 26.7. The van der Waals surface area contributed by atoms with Crippen molar-refractivity contribution in [1.82, 2.24) is 14.9 Å². The molecule has 2 aromatic rings. The van der Waals surface area contributed by atoms with E-state index in [1.165, 1.54) is 13.3 Å². The van der Waals surface area contributed by atoms with Gasteiger partial charge in [-0.15, -0.1) is 0 Å². The molecule has 2 heterocycles. The predicted octanol–water partition coefficient (Wildman–Crippen LogP) is 4.50. The number of aliphatic imine (C=N–C) groups is 1. The molecule has 0 spiro atoms. The van der Waals surface area contributed by atoms with Gasteiger partial charge in [-0.05, 0) is 23.6 Å². The number of benzene rings is 1. The van der Waals surface area contributed by atoms with E-state index in [9.17, 15) is 26.7 Å². The number of nitrogens with one attached hydrogen (secondary N) is 1. The Balaban J connectivity index is 1.90. The van der Waals surface area contributed by atoms with E-state index in [1.807, 2.05) is 0 Å². The minimum absolute atomic E-state index is 0.00109. The van der Waals surface area contributed by atoms with Crippen LogP contribution < -0.4 is 11.1 Å². The maximum Gasteiger partial charge on any atom is 0.434 e. The molecule has 3 N–H and O–H groups in total. The Bertz CT molecular complexity index is 1150. The Labute approximate surface area is 209 Å². The molecule has 1 fully saturated rings. The number of allylic oxidation sites excluding steroid dienone is 1. The van der Waals surface area contributed by atoms with Gasteiger partial charge in [0.25, 0.3) is 11.8 Å². The highest BCUT2D eigenvalue weighted by Gasteiger charge is 2.46. The number of alkyl halides is 5. The van der Waals surface area contributed by atoms with E-state index in [0.717, 1.165) is 11.1 Å². The molecule has 0 radical (unpaired) electrons. The number of carbonyl (C=O) groups is 1. The molecule has 0 bridgehead atoms. The van der Waals surface area contributed by atoms with Crippen molar-refractivity contribution in [2.45, 2.75) is 31.5 Å². The summed E-state index contributed by atoms with van der Waals surface area (Å²) in [5.41, 5.74) is 5.41. The Morgan fingerprint density at radius 3 is 2.64 bits per heavy atom. The van der Waals surface area contributed by atoms with Gasteiger partial charge in [-0.2, -0.15) is 13.2 Å². The van der Waals surface area contributed by atoms with Gasteiger partial charge in [-0.1, -0.05) is 30.7 Å². The van der Waals surface area contributed by atoms with Gasteiger partial charge in [0, 0.05) is 36.8 Å².